The lowest BCUT2D eigenvalue weighted by molar-refractivity contribution is -0.123. The molecule has 112 valence electrons. The molecule has 1 rings (SSSR count). The van der Waals surface area contributed by atoms with E-state index >= 15 is 0 Å². The van der Waals surface area contributed by atoms with Crippen molar-refractivity contribution in [3.05, 3.63) is 35.4 Å². The first-order valence-corrected chi connectivity index (χ1v) is 7.36. The van der Waals surface area contributed by atoms with Crippen LogP contribution in [0.5, 0.6) is 0 Å². The van der Waals surface area contributed by atoms with Crippen LogP contribution in [0.3, 0.4) is 0 Å². The van der Waals surface area contributed by atoms with Crippen LogP contribution in [0.1, 0.15) is 51.7 Å². The highest BCUT2D eigenvalue weighted by Gasteiger charge is 2.24. The van der Waals surface area contributed by atoms with Crippen molar-refractivity contribution < 1.29 is 4.79 Å². The second-order valence-corrected chi connectivity index (χ2v) is 6.60. The lowest BCUT2D eigenvalue weighted by atomic mass is 9.90. The highest BCUT2D eigenvalue weighted by atomic mass is 16.2. The lowest BCUT2D eigenvalue weighted by Gasteiger charge is -2.27. The Hall–Kier alpha value is -1.35. The fraction of sp³-hybridized carbons (Fsp3) is 0.588. The largest absolute Gasteiger partial charge is 0.349 e. The lowest BCUT2D eigenvalue weighted by Crippen LogP contribution is -2.50. The van der Waals surface area contributed by atoms with E-state index < -0.39 is 0 Å². The van der Waals surface area contributed by atoms with Gasteiger partial charge in [0.15, 0.2) is 0 Å². The Balaban J connectivity index is 2.91. The van der Waals surface area contributed by atoms with E-state index in [4.69, 9.17) is 5.73 Å². The molecule has 0 radical (unpaired) electrons. The van der Waals surface area contributed by atoms with Gasteiger partial charge in [-0.2, -0.15) is 0 Å². The van der Waals surface area contributed by atoms with Crippen LogP contribution in [0.15, 0.2) is 24.3 Å². The smallest absolute Gasteiger partial charge is 0.227 e. The normalized spacial score (nSPS) is 13.3. The molecule has 3 nitrogen and oxygen atoms in total. The second kappa shape index (κ2) is 6.89. The van der Waals surface area contributed by atoms with E-state index in [1.54, 1.807) is 0 Å². The van der Waals surface area contributed by atoms with Crippen molar-refractivity contribution in [1.29, 1.82) is 0 Å². The summed E-state index contributed by atoms with van der Waals surface area (Å²) < 4.78 is 0. The topological polar surface area (TPSA) is 55.1 Å². The average Bonchev–Trinajstić information content (AvgIpc) is 2.37. The van der Waals surface area contributed by atoms with Gasteiger partial charge in [0.05, 0.1) is 5.92 Å². The summed E-state index contributed by atoms with van der Waals surface area (Å²) in [5.74, 6) is 0.458. The van der Waals surface area contributed by atoms with Crippen molar-refractivity contribution in [2.75, 3.05) is 6.54 Å². The molecule has 1 amide bonds. The van der Waals surface area contributed by atoms with Gasteiger partial charge in [-0.15, -0.1) is 0 Å². The highest BCUT2D eigenvalue weighted by Crippen LogP contribution is 2.23. The molecule has 20 heavy (non-hydrogen) atoms. The molecule has 3 heteroatoms. The first-order valence-electron chi connectivity index (χ1n) is 7.36. The van der Waals surface area contributed by atoms with Gasteiger partial charge in [0.1, 0.15) is 0 Å². The number of nitrogens with two attached hydrogens (primary N) is 1. The van der Waals surface area contributed by atoms with Crippen LogP contribution in [0.25, 0.3) is 0 Å². The third-order valence-electron chi connectivity index (χ3n) is 3.51. The number of carbonyl (C=O) groups is 1. The zero-order valence-electron chi connectivity index (χ0n) is 13.4. The number of amides is 1. The van der Waals surface area contributed by atoms with Crippen molar-refractivity contribution in [2.45, 2.75) is 52.5 Å². The van der Waals surface area contributed by atoms with Gasteiger partial charge in [-0.1, -0.05) is 38.1 Å². The van der Waals surface area contributed by atoms with Gasteiger partial charge in [-0.25, -0.2) is 0 Å². The summed E-state index contributed by atoms with van der Waals surface area (Å²) in [6.07, 6.45) is 0.994. The minimum absolute atomic E-state index is 0.0386. The van der Waals surface area contributed by atoms with Crippen molar-refractivity contribution in [3.63, 3.8) is 0 Å². The van der Waals surface area contributed by atoms with Crippen LogP contribution in [0, 0.1) is 5.92 Å². The molecule has 0 aliphatic heterocycles. The Morgan fingerprint density at radius 3 is 2.40 bits per heavy atom. The third-order valence-corrected chi connectivity index (χ3v) is 3.51. The Morgan fingerprint density at radius 2 is 1.85 bits per heavy atom. The summed E-state index contributed by atoms with van der Waals surface area (Å²) in [6.45, 7) is 10.7. The fourth-order valence-electron chi connectivity index (χ4n) is 2.22. The maximum absolute atomic E-state index is 12.4. The average molecular weight is 276 g/mol. The predicted octanol–water partition coefficient (Wildman–Crippen LogP) is 2.84. The molecule has 0 saturated heterocycles. The summed E-state index contributed by atoms with van der Waals surface area (Å²) >= 11 is 0. The zero-order chi connectivity index (χ0) is 15.3. The van der Waals surface area contributed by atoms with Crippen LogP contribution in [-0.4, -0.2) is 18.0 Å². The molecule has 0 aliphatic rings. The molecule has 0 saturated carbocycles. The maximum atomic E-state index is 12.4. The molecule has 0 fully saturated rings. The molecule has 0 heterocycles. The molecule has 0 spiro atoms. The predicted molar refractivity (Wildman–Crippen MR) is 84.7 cm³/mol. The minimum Gasteiger partial charge on any atom is -0.349 e. The van der Waals surface area contributed by atoms with Crippen molar-refractivity contribution in [3.8, 4) is 0 Å². The van der Waals surface area contributed by atoms with E-state index in [2.05, 4.69) is 31.3 Å². The van der Waals surface area contributed by atoms with Gasteiger partial charge in [0.25, 0.3) is 0 Å². The Bertz CT molecular complexity index is 452. The van der Waals surface area contributed by atoms with E-state index in [-0.39, 0.29) is 17.4 Å². The first-order chi connectivity index (χ1) is 9.26. The Labute approximate surface area is 122 Å². The number of hydrogen-bond donors (Lipinski definition) is 2. The van der Waals surface area contributed by atoms with E-state index in [0.29, 0.717) is 12.5 Å². The quantitative estimate of drug-likeness (QED) is 0.839. The molecule has 0 bridgehead atoms. The van der Waals surface area contributed by atoms with Gasteiger partial charge in [0.2, 0.25) is 5.91 Å². The number of rotatable bonds is 6. The van der Waals surface area contributed by atoms with Crippen LogP contribution in [0.4, 0.5) is 0 Å². The van der Waals surface area contributed by atoms with Gasteiger partial charge in [-0.05, 0) is 44.2 Å². The molecule has 1 unspecified atom stereocenters. The summed E-state index contributed by atoms with van der Waals surface area (Å²) in [5, 5.41) is 3.02. The van der Waals surface area contributed by atoms with E-state index in [0.717, 1.165) is 12.0 Å². The van der Waals surface area contributed by atoms with Crippen molar-refractivity contribution in [2.24, 2.45) is 11.7 Å². The van der Waals surface area contributed by atoms with Gasteiger partial charge >= 0.3 is 0 Å². The van der Waals surface area contributed by atoms with Gasteiger partial charge in [-0.3, -0.25) is 4.79 Å². The molecular weight excluding hydrogens is 248 g/mol. The highest BCUT2D eigenvalue weighted by molar-refractivity contribution is 5.84. The fourth-order valence-corrected chi connectivity index (χ4v) is 2.22. The molecule has 3 N–H and O–H groups in total. The van der Waals surface area contributed by atoms with E-state index in [1.807, 2.05) is 32.9 Å². The Kier molecular flexibility index (Phi) is 5.75. The number of hydrogen-bond acceptors (Lipinski definition) is 2. The maximum Gasteiger partial charge on any atom is 0.227 e. The molecule has 1 atom stereocenters. The van der Waals surface area contributed by atoms with Crippen LogP contribution in [0.2, 0.25) is 0 Å². The third kappa shape index (κ3) is 4.64. The molecule has 0 aliphatic carbocycles. The van der Waals surface area contributed by atoms with Crippen molar-refractivity contribution in [1.82, 2.24) is 5.32 Å². The summed E-state index contributed by atoms with van der Waals surface area (Å²) in [4.78, 5) is 12.4. The zero-order valence-corrected chi connectivity index (χ0v) is 13.4. The SMILES string of the molecule is CC(C)Cc1ccccc1C(C)C(=O)NC(C)(C)CN. The standard InChI is InChI=1S/C17H28N2O/c1-12(2)10-14-8-6-7-9-15(14)13(3)16(20)19-17(4,5)11-18/h6-9,12-13H,10-11,18H2,1-5H3,(H,19,20). The molecule has 0 aromatic heterocycles. The number of benzene rings is 1. The van der Waals surface area contributed by atoms with Crippen LogP contribution in [-0.2, 0) is 11.2 Å². The minimum atomic E-state index is -0.363. The van der Waals surface area contributed by atoms with Crippen LogP contribution < -0.4 is 11.1 Å². The second-order valence-electron chi connectivity index (χ2n) is 6.60. The summed E-state index contributed by atoms with van der Waals surface area (Å²) in [6, 6.07) is 8.21. The van der Waals surface area contributed by atoms with E-state index in [1.165, 1.54) is 5.56 Å². The first kappa shape index (κ1) is 16.7. The van der Waals surface area contributed by atoms with E-state index in [9.17, 15) is 4.79 Å². The molecule has 1 aromatic carbocycles. The summed E-state index contributed by atoms with van der Waals surface area (Å²) in [7, 11) is 0. The number of carbonyl (C=O) groups excluding carboxylic acids is 1. The van der Waals surface area contributed by atoms with Crippen LogP contribution >= 0.6 is 0 Å². The number of nitrogens with one attached hydrogen (secondary N) is 1. The van der Waals surface area contributed by atoms with Gasteiger partial charge in [0, 0.05) is 12.1 Å². The summed E-state index contributed by atoms with van der Waals surface area (Å²) in [5.41, 5.74) is 7.69. The Morgan fingerprint density at radius 1 is 1.25 bits per heavy atom. The molecular formula is C17H28N2O. The van der Waals surface area contributed by atoms with Crippen molar-refractivity contribution >= 4 is 5.91 Å². The van der Waals surface area contributed by atoms with Gasteiger partial charge < -0.3 is 11.1 Å². The monoisotopic (exact) mass is 276 g/mol. The molecule has 1 aromatic rings.